The molecule has 0 saturated carbocycles. The molecule has 2 aromatic carbocycles. The Morgan fingerprint density at radius 1 is 1.15 bits per heavy atom. The van der Waals surface area contributed by atoms with Crippen LogP contribution >= 0.6 is 0 Å². The van der Waals surface area contributed by atoms with Gasteiger partial charge in [-0.1, -0.05) is 42.0 Å². The van der Waals surface area contributed by atoms with Crippen molar-refractivity contribution in [2.24, 2.45) is 0 Å². The molecule has 0 amide bonds. The number of hydrogen-bond acceptors (Lipinski definition) is 4. The van der Waals surface area contributed by atoms with Crippen molar-refractivity contribution >= 4 is 5.97 Å². The lowest BCUT2D eigenvalue weighted by Gasteiger charge is -2.12. The number of ether oxygens (including phenoxy) is 1. The van der Waals surface area contributed by atoms with Gasteiger partial charge in [0.25, 0.3) is 5.56 Å². The van der Waals surface area contributed by atoms with Gasteiger partial charge in [0.2, 0.25) is 0 Å². The van der Waals surface area contributed by atoms with Crippen LogP contribution in [0.15, 0.2) is 53.3 Å². The molecule has 5 nitrogen and oxygen atoms in total. The standard InChI is InChI=1S/C21H18N2O3/c1-3-26-21(25)19-18-16-7-5-4-6-14(16)12-17(18)20(24)23(22-19)15-10-8-13(2)9-11-15/h4-11H,3,12H2,1-2H3. The maximum Gasteiger partial charge on any atom is 0.359 e. The van der Waals surface area contributed by atoms with E-state index in [1.54, 1.807) is 6.92 Å². The largest absolute Gasteiger partial charge is 0.461 e. The van der Waals surface area contributed by atoms with Crippen LogP contribution in [0, 0.1) is 6.92 Å². The van der Waals surface area contributed by atoms with Crippen LogP contribution in [0.25, 0.3) is 16.8 Å². The third-order valence-corrected chi connectivity index (χ3v) is 4.59. The van der Waals surface area contributed by atoms with Gasteiger partial charge in [0.15, 0.2) is 5.69 Å². The van der Waals surface area contributed by atoms with Crippen LogP contribution in [0.2, 0.25) is 0 Å². The third-order valence-electron chi connectivity index (χ3n) is 4.59. The highest BCUT2D eigenvalue weighted by Gasteiger charge is 2.30. The van der Waals surface area contributed by atoms with E-state index >= 15 is 0 Å². The highest BCUT2D eigenvalue weighted by molar-refractivity contribution is 5.98. The molecule has 1 aromatic heterocycles. The van der Waals surface area contributed by atoms with Crippen molar-refractivity contribution in [1.82, 2.24) is 9.78 Å². The number of benzene rings is 2. The highest BCUT2D eigenvalue weighted by Crippen LogP contribution is 2.36. The maximum absolute atomic E-state index is 13.1. The van der Waals surface area contributed by atoms with E-state index in [0.717, 1.165) is 16.7 Å². The maximum atomic E-state index is 13.1. The number of carbonyl (C=O) groups excluding carboxylic acids is 1. The normalized spacial score (nSPS) is 11.8. The van der Waals surface area contributed by atoms with Gasteiger partial charge in [-0.05, 0) is 37.1 Å². The zero-order valence-electron chi connectivity index (χ0n) is 14.7. The molecule has 0 atom stereocenters. The van der Waals surface area contributed by atoms with Gasteiger partial charge in [-0.3, -0.25) is 4.79 Å². The highest BCUT2D eigenvalue weighted by atomic mass is 16.5. The average Bonchev–Trinajstić information content (AvgIpc) is 3.03. The van der Waals surface area contributed by atoms with Crippen LogP contribution in [0.1, 0.15) is 34.1 Å². The summed E-state index contributed by atoms with van der Waals surface area (Å²) in [4.78, 5) is 25.7. The van der Waals surface area contributed by atoms with Crippen molar-refractivity contribution in [2.45, 2.75) is 20.3 Å². The molecule has 1 aliphatic carbocycles. The summed E-state index contributed by atoms with van der Waals surface area (Å²) in [7, 11) is 0. The number of hydrogen-bond donors (Lipinski definition) is 0. The van der Waals surface area contributed by atoms with E-state index < -0.39 is 5.97 Å². The van der Waals surface area contributed by atoms with Gasteiger partial charge in [0, 0.05) is 17.5 Å². The summed E-state index contributed by atoms with van der Waals surface area (Å²) in [6, 6.07) is 15.2. The van der Waals surface area contributed by atoms with Crippen molar-refractivity contribution in [3.8, 4) is 16.8 Å². The van der Waals surface area contributed by atoms with Gasteiger partial charge < -0.3 is 4.74 Å². The van der Waals surface area contributed by atoms with Crippen LogP contribution in [-0.4, -0.2) is 22.4 Å². The lowest BCUT2D eigenvalue weighted by atomic mass is 10.0. The molecule has 0 aliphatic heterocycles. The predicted molar refractivity (Wildman–Crippen MR) is 98.8 cm³/mol. The Bertz CT molecular complexity index is 1070. The quantitative estimate of drug-likeness (QED) is 0.534. The molecule has 3 aromatic rings. The Hall–Kier alpha value is -3.21. The van der Waals surface area contributed by atoms with Gasteiger partial charge in [-0.2, -0.15) is 9.78 Å². The van der Waals surface area contributed by atoms with Gasteiger partial charge >= 0.3 is 5.97 Å². The topological polar surface area (TPSA) is 61.2 Å². The molecule has 1 heterocycles. The van der Waals surface area contributed by atoms with Gasteiger partial charge in [0.05, 0.1) is 12.3 Å². The van der Waals surface area contributed by atoms with Crippen molar-refractivity contribution in [3.63, 3.8) is 0 Å². The molecule has 0 bridgehead atoms. The van der Waals surface area contributed by atoms with Gasteiger partial charge in [0.1, 0.15) is 0 Å². The summed E-state index contributed by atoms with van der Waals surface area (Å²) in [5.74, 6) is -0.513. The van der Waals surface area contributed by atoms with Gasteiger partial charge in [-0.15, -0.1) is 0 Å². The number of nitrogens with zero attached hydrogens (tertiary/aromatic N) is 2. The molecule has 1 aliphatic rings. The Kier molecular flexibility index (Phi) is 3.92. The monoisotopic (exact) mass is 346 g/mol. The summed E-state index contributed by atoms with van der Waals surface area (Å²) in [6.07, 6.45) is 0.491. The first kappa shape index (κ1) is 16.3. The molecule has 0 saturated heterocycles. The molecule has 0 spiro atoms. The molecule has 0 N–H and O–H groups in total. The first-order chi connectivity index (χ1) is 12.6. The summed E-state index contributed by atoms with van der Waals surface area (Å²) in [5, 5.41) is 4.39. The lowest BCUT2D eigenvalue weighted by Crippen LogP contribution is -2.28. The first-order valence-electron chi connectivity index (χ1n) is 8.58. The molecule has 26 heavy (non-hydrogen) atoms. The number of carbonyl (C=O) groups is 1. The van der Waals surface area contributed by atoms with E-state index in [2.05, 4.69) is 5.10 Å². The second-order valence-corrected chi connectivity index (χ2v) is 6.31. The number of fused-ring (bicyclic) bond motifs is 3. The van der Waals surface area contributed by atoms with E-state index in [9.17, 15) is 9.59 Å². The van der Waals surface area contributed by atoms with Crippen LogP contribution in [-0.2, 0) is 11.2 Å². The second-order valence-electron chi connectivity index (χ2n) is 6.31. The van der Waals surface area contributed by atoms with E-state index in [1.165, 1.54) is 4.68 Å². The first-order valence-corrected chi connectivity index (χ1v) is 8.58. The van der Waals surface area contributed by atoms with Crippen LogP contribution in [0.3, 0.4) is 0 Å². The number of esters is 1. The third kappa shape index (κ3) is 2.52. The summed E-state index contributed by atoms with van der Waals surface area (Å²) in [5.41, 5.74) is 4.79. The number of aryl methyl sites for hydroxylation is 1. The fraction of sp³-hybridized carbons (Fsp3) is 0.190. The molecule has 4 rings (SSSR count). The summed E-state index contributed by atoms with van der Waals surface area (Å²) < 4.78 is 6.50. The molecule has 0 radical (unpaired) electrons. The van der Waals surface area contributed by atoms with E-state index in [-0.39, 0.29) is 17.9 Å². The van der Waals surface area contributed by atoms with E-state index in [0.29, 0.717) is 23.2 Å². The van der Waals surface area contributed by atoms with Crippen molar-refractivity contribution in [3.05, 3.63) is 81.3 Å². The second kappa shape index (κ2) is 6.26. The smallest absolute Gasteiger partial charge is 0.359 e. The van der Waals surface area contributed by atoms with E-state index in [4.69, 9.17) is 4.74 Å². The van der Waals surface area contributed by atoms with Crippen LogP contribution in [0.4, 0.5) is 0 Å². The Morgan fingerprint density at radius 2 is 1.88 bits per heavy atom. The minimum atomic E-state index is -0.513. The Morgan fingerprint density at radius 3 is 2.62 bits per heavy atom. The Balaban J connectivity index is 1.99. The number of aromatic nitrogens is 2. The summed E-state index contributed by atoms with van der Waals surface area (Å²) >= 11 is 0. The summed E-state index contributed by atoms with van der Waals surface area (Å²) in [6.45, 7) is 3.98. The average molecular weight is 346 g/mol. The Labute approximate surface area is 150 Å². The molecule has 130 valence electrons. The van der Waals surface area contributed by atoms with Crippen LogP contribution < -0.4 is 5.56 Å². The van der Waals surface area contributed by atoms with Crippen LogP contribution in [0.5, 0.6) is 0 Å². The fourth-order valence-corrected chi connectivity index (χ4v) is 3.34. The zero-order valence-corrected chi connectivity index (χ0v) is 14.7. The minimum absolute atomic E-state index is 0.187. The number of rotatable bonds is 3. The van der Waals surface area contributed by atoms with Crippen molar-refractivity contribution in [2.75, 3.05) is 6.61 Å². The molecule has 5 heteroatoms. The molecule has 0 fully saturated rings. The lowest BCUT2D eigenvalue weighted by molar-refractivity contribution is 0.0518. The van der Waals surface area contributed by atoms with Crippen molar-refractivity contribution in [1.29, 1.82) is 0 Å². The van der Waals surface area contributed by atoms with E-state index in [1.807, 2.05) is 55.5 Å². The molecular formula is C21H18N2O3. The van der Waals surface area contributed by atoms with Crippen molar-refractivity contribution < 1.29 is 9.53 Å². The zero-order chi connectivity index (χ0) is 18.3. The predicted octanol–water partition coefficient (Wildman–Crippen LogP) is 3.29. The fourth-order valence-electron chi connectivity index (χ4n) is 3.34. The molecule has 0 unspecified atom stereocenters. The molecular weight excluding hydrogens is 328 g/mol. The van der Waals surface area contributed by atoms with Gasteiger partial charge in [-0.25, -0.2) is 4.79 Å². The minimum Gasteiger partial charge on any atom is -0.461 e. The SMILES string of the molecule is CCOC(=O)c1nn(-c2ccc(C)cc2)c(=O)c2c1-c1ccccc1C2.